The van der Waals surface area contributed by atoms with Crippen LogP contribution in [0.1, 0.15) is 12.5 Å². The first-order valence-corrected chi connectivity index (χ1v) is 7.01. The molecule has 2 aromatic rings. The van der Waals surface area contributed by atoms with Crippen LogP contribution in [0.15, 0.2) is 52.4 Å². The van der Waals surface area contributed by atoms with E-state index in [0.29, 0.717) is 21.2 Å². The van der Waals surface area contributed by atoms with Crippen molar-refractivity contribution in [2.75, 3.05) is 0 Å². The fourth-order valence-corrected chi connectivity index (χ4v) is 2.59. The Labute approximate surface area is 137 Å². The molecule has 0 unspecified atom stereocenters. The van der Waals surface area contributed by atoms with Gasteiger partial charge in [-0.1, -0.05) is 59.6 Å². The van der Waals surface area contributed by atoms with Gasteiger partial charge in [-0.05, 0) is 18.6 Å². The number of nitrogens with zero attached hydrogens (tertiary/aromatic N) is 2. The third kappa shape index (κ3) is 3.01. The molecular formula is C16H10Cl2N2O2. The molecule has 4 nitrogen and oxygen atoms in total. The maximum atomic E-state index is 10.7. The molecule has 0 bridgehead atoms. The topological polar surface area (TPSA) is 58.9 Å². The maximum Gasteiger partial charge on any atom is 0.237 e. The van der Waals surface area contributed by atoms with Crippen molar-refractivity contribution in [2.45, 2.75) is 12.6 Å². The van der Waals surface area contributed by atoms with Gasteiger partial charge in [0.15, 0.2) is 5.66 Å². The lowest BCUT2D eigenvalue weighted by Crippen LogP contribution is -2.17. The molecule has 0 aliphatic heterocycles. The van der Waals surface area contributed by atoms with Gasteiger partial charge in [0.25, 0.3) is 0 Å². The van der Waals surface area contributed by atoms with Crippen LogP contribution in [0.5, 0.6) is 0 Å². The van der Waals surface area contributed by atoms with Gasteiger partial charge in [-0.15, -0.1) is 0 Å². The van der Waals surface area contributed by atoms with Crippen molar-refractivity contribution in [3.05, 3.63) is 58.1 Å². The minimum Gasteiger partial charge on any atom is -0.211 e. The van der Waals surface area contributed by atoms with Gasteiger partial charge in [0.1, 0.15) is 0 Å². The fraction of sp³-hybridized carbons (Fsp3) is 0.125. The molecule has 0 aliphatic rings. The van der Waals surface area contributed by atoms with E-state index in [4.69, 9.17) is 23.2 Å². The molecule has 0 aliphatic carbocycles. The van der Waals surface area contributed by atoms with Crippen molar-refractivity contribution >= 4 is 35.4 Å². The molecule has 0 saturated heterocycles. The summed E-state index contributed by atoms with van der Waals surface area (Å²) in [5.74, 6) is 0. The molecule has 0 saturated carbocycles. The van der Waals surface area contributed by atoms with Crippen LogP contribution < -0.4 is 0 Å². The molecule has 0 radical (unpaired) electrons. The first-order valence-electron chi connectivity index (χ1n) is 6.25. The summed E-state index contributed by atoms with van der Waals surface area (Å²) in [7, 11) is 0. The zero-order valence-electron chi connectivity index (χ0n) is 11.5. The summed E-state index contributed by atoms with van der Waals surface area (Å²) in [6, 6.07) is 12.4. The van der Waals surface area contributed by atoms with Crippen LogP contribution >= 0.6 is 23.2 Å². The zero-order valence-corrected chi connectivity index (χ0v) is 13.0. The Hall–Kier alpha value is -2.22. The number of carbonyl (C=O) groups excluding carboxylic acids is 2. The van der Waals surface area contributed by atoms with Crippen LogP contribution in [-0.2, 0) is 15.3 Å². The third-order valence-electron chi connectivity index (χ3n) is 3.19. The standard InChI is InChI=1S/C16H10Cl2N2O2/c1-16(19-9-21,20-10-22)12-7-8-13(17)15(18)14(12)11-5-3-2-4-6-11/h2-8H,1H3. The Morgan fingerprint density at radius 3 is 2.09 bits per heavy atom. The van der Waals surface area contributed by atoms with E-state index >= 15 is 0 Å². The maximum absolute atomic E-state index is 10.7. The van der Waals surface area contributed by atoms with E-state index in [2.05, 4.69) is 9.98 Å². The molecule has 0 aromatic heterocycles. The van der Waals surface area contributed by atoms with Crippen molar-refractivity contribution in [3.8, 4) is 11.1 Å². The Bertz CT molecular complexity index is 775. The van der Waals surface area contributed by atoms with Crippen LogP contribution in [0.3, 0.4) is 0 Å². The molecule has 0 atom stereocenters. The van der Waals surface area contributed by atoms with Gasteiger partial charge in [0.05, 0.1) is 10.0 Å². The number of halogens is 2. The van der Waals surface area contributed by atoms with Crippen molar-refractivity contribution in [1.29, 1.82) is 0 Å². The van der Waals surface area contributed by atoms with Gasteiger partial charge >= 0.3 is 0 Å². The first-order chi connectivity index (χ1) is 10.5. The highest BCUT2D eigenvalue weighted by Gasteiger charge is 2.30. The Morgan fingerprint density at radius 2 is 1.55 bits per heavy atom. The van der Waals surface area contributed by atoms with E-state index in [1.807, 2.05) is 30.3 Å². The van der Waals surface area contributed by atoms with Crippen molar-refractivity contribution in [3.63, 3.8) is 0 Å². The number of benzene rings is 2. The SMILES string of the molecule is CC(N=C=O)(N=C=O)c1ccc(Cl)c(Cl)c1-c1ccccc1. The average molecular weight is 333 g/mol. The normalized spacial score (nSPS) is 12.7. The lowest BCUT2D eigenvalue weighted by Gasteiger charge is -2.22. The van der Waals surface area contributed by atoms with Crippen molar-refractivity contribution < 1.29 is 9.59 Å². The number of rotatable bonds is 4. The fourth-order valence-electron chi connectivity index (χ4n) is 2.16. The molecule has 0 spiro atoms. The molecule has 6 heteroatoms. The Kier molecular flexibility index (Phi) is 4.92. The second kappa shape index (κ2) is 6.69. The third-order valence-corrected chi connectivity index (χ3v) is 4.00. The average Bonchev–Trinajstić information content (AvgIpc) is 2.51. The highest BCUT2D eigenvalue weighted by molar-refractivity contribution is 6.43. The molecule has 0 heterocycles. The van der Waals surface area contributed by atoms with Crippen LogP contribution in [0.4, 0.5) is 0 Å². The smallest absolute Gasteiger partial charge is 0.211 e. The van der Waals surface area contributed by atoms with Crippen LogP contribution in [0.25, 0.3) is 11.1 Å². The predicted octanol–water partition coefficient (Wildman–Crippen LogP) is 4.50. The van der Waals surface area contributed by atoms with Crippen LogP contribution in [-0.4, -0.2) is 12.2 Å². The van der Waals surface area contributed by atoms with Crippen molar-refractivity contribution in [1.82, 2.24) is 0 Å². The van der Waals surface area contributed by atoms with Gasteiger partial charge in [-0.25, -0.2) is 9.59 Å². The second-order valence-corrected chi connectivity index (χ2v) is 5.36. The highest BCUT2D eigenvalue weighted by Crippen LogP contribution is 2.42. The van der Waals surface area contributed by atoms with E-state index in [-0.39, 0.29) is 0 Å². The second-order valence-electron chi connectivity index (χ2n) is 4.58. The number of isocyanates is 2. The Morgan fingerprint density at radius 1 is 0.955 bits per heavy atom. The van der Waals surface area contributed by atoms with E-state index < -0.39 is 5.66 Å². The summed E-state index contributed by atoms with van der Waals surface area (Å²) in [4.78, 5) is 28.7. The molecule has 0 amide bonds. The number of aliphatic imine (C=N–C) groups is 2. The summed E-state index contributed by atoms with van der Waals surface area (Å²) in [6.45, 7) is 1.49. The molecular weight excluding hydrogens is 323 g/mol. The van der Waals surface area contributed by atoms with Gasteiger partial charge in [-0.3, -0.25) is 0 Å². The van der Waals surface area contributed by atoms with E-state index in [0.717, 1.165) is 5.56 Å². The van der Waals surface area contributed by atoms with Crippen LogP contribution in [0.2, 0.25) is 10.0 Å². The lowest BCUT2D eigenvalue weighted by atomic mass is 9.92. The van der Waals surface area contributed by atoms with E-state index in [9.17, 15) is 9.59 Å². The summed E-state index contributed by atoms with van der Waals surface area (Å²) in [6.07, 6.45) is 2.86. The minimum atomic E-state index is -1.47. The van der Waals surface area contributed by atoms with Gasteiger partial charge in [0.2, 0.25) is 12.2 Å². The van der Waals surface area contributed by atoms with Gasteiger partial charge < -0.3 is 0 Å². The van der Waals surface area contributed by atoms with E-state index in [1.165, 1.54) is 19.1 Å². The minimum absolute atomic E-state index is 0.291. The summed E-state index contributed by atoms with van der Waals surface area (Å²) < 4.78 is 0. The number of hydrogen-bond acceptors (Lipinski definition) is 4. The van der Waals surface area contributed by atoms with Gasteiger partial charge in [-0.2, -0.15) is 9.98 Å². The largest absolute Gasteiger partial charge is 0.237 e. The monoisotopic (exact) mass is 332 g/mol. The highest BCUT2D eigenvalue weighted by atomic mass is 35.5. The first kappa shape index (κ1) is 16.2. The molecule has 22 heavy (non-hydrogen) atoms. The summed E-state index contributed by atoms with van der Waals surface area (Å²) in [5, 5.41) is 0.635. The molecule has 0 N–H and O–H groups in total. The lowest BCUT2D eigenvalue weighted by molar-refractivity contribution is 0.493. The van der Waals surface area contributed by atoms with Gasteiger partial charge in [0, 0.05) is 11.1 Å². The predicted molar refractivity (Wildman–Crippen MR) is 85.5 cm³/mol. The Balaban J connectivity index is 2.85. The molecule has 2 rings (SSSR count). The molecule has 110 valence electrons. The molecule has 2 aromatic carbocycles. The quantitative estimate of drug-likeness (QED) is 0.611. The molecule has 0 fully saturated rings. The number of hydrogen-bond donors (Lipinski definition) is 0. The summed E-state index contributed by atoms with van der Waals surface area (Å²) >= 11 is 12.4. The summed E-state index contributed by atoms with van der Waals surface area (Å²) in [5.41, 5.74) is 0.302. The van der Waals surface area contributed by atoms with E-state index in [1.54, 1.807) is 12.1 Å². The van der Waals surface area contributed by atoms with Crippen molar-refractivity contribution in [2.24, 2.45) is 9.98 Å². The van der Waals surface area contributed by atoms with Crippen LogP contribution in [0, 0.1) is 0 Å². The zero-order chi connectivity index (χ0) is 16.2.